The summed E-state index contributed by atoms with van der Waals surface area (Å²) in [5.74, 6) is 0.598. The second kappa shape index (κ2) is 7.59. The molecule has 7 nitrogen and oxygen atoms in total. The van der Waals surface area contributed by atoms with Crippen LogP contribution in [0.2, 0.25) is 0 Å². The van der Waals surface area contributed by atoms with Gasteiger partial charge in [0.05, 0.1) is 18.4 Å². The molecule has 1 aliphatic rings. The Morgan fingerprint density at radius 3 is 2.83 bits per heavy atom. The molecule has 1 N–H and O–H groups in total. The van der Waals surface area contributed by atoms with Gasteiger partial charge < -0.3 is 5.32 Å². The van der Waals surface area contributed by atoms with Crippen molar-refractivity contribution in [3.63, 3.8) is 0 Å². The molecule has 0 spiro atoms. The molecule has 0 unspecified atom stereocenters. The summed E-state index contributed by atoms with van der Waals surface area (Å²) in [6, 6.07) is -0.112. The predicted molar refractivity (Wildman–Crippen MR) is 90.3 cm³/mol. The summed E-state index contributed by atoms with van der Waals surface area (Å²) in [6.45, 7) is 2.77. The van der Waals surface area contributed by atoms with E-state index in [0.717, 1.165) is 24.4 Å². The molecule has 1 saturated carbocycles. The lowest BCUT2D eigenvalue weighted by Crippen LogP contribution is -2.26. The molecule has 1 aliphatic carbocycles. The summed E-state index contributed by atoms with van der Waals surface area (Å²) >= 11 is 0. The van der Waals surface area contributed by atoms with Crippen molar-refractivity contribution in [1.29, 1.82) is 0 Å². The second-order valence-electron chi connectivity index (χ2n) is 6.80. The molecule has 1 amide bonds. The molecule has 0 aliphatic heterocycles. The van der Waals surface area contributed by atoms with Gasteiger partial charge in [0, 0.05) is 25.4 Å². The quantitative estimate of drug-likeness (QED) is 0.882. The first-order valence-corrected chi connectivity index (χ1v) is 8.81. The molecule has 0 radical (unpaired) electrons. The van der Waals surface area contributed by atoms with E-state index in [1.54, 1.807) is 21.8 Å². The molecule has 24 heavy (non-hydrogen) atoms. The Morgan fingerprint density at radius 1 is 1.33 bits per heavy atom. The summed E-state index contributed by atoms with van der Waals surface area (Å²) in [6.07, 6.45) is 13.2. The van der Waals surface area contributed by atoms with E-state index < -0.39 is 0 Å². The molecule has 2 aromatic rings. The third-order valence-electron chi connectivity index (χ3n) is 4.83. The molecule has 1 fully saturated rings. The van der Waals surface area contributed by atoms with E-state index in [9.17, 15) is 4.79 Å². The van der Waals surface area contributed by atoms with E-state index >= 15 is 0 Å². The minimum absolute atomic E-state index is 0.112. The van der Waals surface area contributed by atoms with Crippen LogP contribution in [0.25, 0.3) is 0 Å². The van der Waals surface area contributed by atoms with Gasteiger partial charge in [-0.05, 0) is 19.3 Å². The number of amides is 1. The molecule has 7 heteroatoms. The van der Waals surface area contributed by atoms with Gasteiger partial charge in [0.1, 0.15) is 0 Å². The smallest absolute Gasteiger partial charge is 0.273 e. The lowest BCUT2D eigenvalue weighted by atomic mass is 9.87. The Morgan fingerprint density at radius 2 is 2.12 bits per heavy atom. The van der Waals surface area contributed by atoms with Crippen LogP contribution in [0.3, 0.4) is 0 Å². The largest absolute Gasteiger partial charge is 0.344 e. The normalized spacial score (nSPS) is 16.9. The lowest BCUT2D eigenvalue weighted by molar-refractivity contribution is 0.0934. The summed E-state index contributed by atoms with van der Waals surface area (Å²) in [5, 5.41) is 15.2. The zero-order valence-electron chi connectivity index (χ0n) is 14.5. The fourth-order valence-electron chi connectivity index (χ4n) is 3.32. The van der Waals surface area contributed by atoms with E-state index in [4.69, 9.17) is 0 Å². The number of hydrogen-bond acceptors (Lipinski definition) is 4. The van der Waals surface area contributed by atoms with Gasteiger partial charge in [-0.3, -0.25) is 14.2 Å². The summed E-state index contributed by atoms with van der Waals surface area (Å²) < 4.78 is 3.51. The number of nitrogens with one attached hydrogen (secondary N) is 1. The van der Waals surface area contributed by atoms with Crippen LogP contribution in [0.15, 0.2) is 18.6 Å². The SMILES string of the molecule is C[C@H](NC(=O)c1cn(CCC2CCCCC2)nn1)c1cnn(C)c1. The highest BCUT2D eigenvalue weighted by Gasteiger charge is 2.17. The van der Waals surface area contributed by atoms with E-state index in [2.05, 4.69) is 20.7 Å². The number of carbonyl (C=O) groups excluding carboxylic acids is 1. The van der Waals surface area contributed by atoms with Crippen LogP contribution >= 0.6 is 0 Å². The Balaban J connectivity index is 1.51. The van der Waals surface area contributed by atoms with Crippen LogP contribution in [0.4, 0.5) is 0 Å². The van der Waals surface area contributed by atoms with Gasteiger partial charge in [-0.25, -0.2) is 0 Å². The highest BCUT2D eigenvalue weighted by atomic mass is 16.2. The van der Waals surface area contributed by atoms with Crippen LogP contribution in [-0.2, 0) is 13.6 Å². The van der Waals surface area contributed by atoms with Gasteiger partial charge in [-0.1, -0.05) is 37.3 Å². The number of hydrogen-bond donors (Lipinski definition) is 1. The maximum Gasteiger partial charge on any atom is 0.273 e. The Hall–Kier alpha value is -2.18. The maximum absolute atomic E-state index is 12.3. The number of carbonyl (C=O) groups is 1. The fourth-order valence-corrected chi connectivity index (χ4v) is 3.32. The standard InChI is InChI=1S/C17H26N6O/c1-13(15-10-18-22(2)11-15)19-17(24)16-12-23(21-20-16)9-8-14-6-4-3-5-7-14/h10-14H,3-9H2,1-2H3,(H,19,24)/t13-/m0/s1. The van der Waals surface area contributed by atoms with Crippen molar-refractivity contribution in [2.24, 2.45) is 13.0 Å². The van der Waals surface area contributed by atoms with Gasteiger partial charge in [-0.15, -0.1) is 5.10 Å². The highest BCUT2D eigenvalue weighted by Crippen LogP contribution is 2.26. The Bertz CT molecular complexity index is 670. The van der Waals surface area contributed by atoms with Crippen molar-refractivity contribution in [2.45, 2.75) is 58.0 Å². The van der Waals surface area contributed by atoms with Gasteiger partial charge in [-0.2, -0.15) is 5.10 Å². The highest BCUT2D eigenvalue weighted by molar-refractivity contribution is 5.92. The van der Waals surface area contributed by atoms with Crippen molar-refractivity contribution in [1.82, 2.24) is 30.1 Å². The average Bonchev–Trinajstić information content (AvgIpc) is 3.23. The maximum atomic E-state index is 12.3. The van der Waals surface area contributed by atoms with Crippen LogP contribution in [0, 0.1) is 5.92 Å². The molecular formula is C17H26N6O. The topological polar surface area (TPSA) is 77.6 Å². The average molecular weight is 330 g/mol. The Labute approximate surface area is 142 Å². The lowest BCUT2D eigenvalue weighted by Gasteiger charge is -2.20. The van der Waals surface area contributed by atoms with Crippen molar-refractivity contribution in [2.75, 3.05) is 0 Å². The van der Waals surface area contributed by atoms with E-state index in [-0.39, 0.29) is 11.9 Å². The zero-order valence-corrected chi connectivity index (χ0v) is 14.5. The third-order valence-corrected chi connectivity index (χ3v) is 4.83. The van der Waals surface area contributed by atoms with Gasteiger partial charge >= 0.3 is 0 Å². The molecule has 2 heterocycles. The van der Waals surface area contributed by atoms with E-state index in [1.807, 2.05) is 20.2 Å². The molecule has 3 rings (SSSR count). The van der Waals surface area contributed by atoms with Crippen molar-refractivity contribution in [3.8, 4) is 0 Å². The van der Waals surface area contributed by atoms with Gasteiger partial charge in [0.15, 0.2) is 5.69 Å². The number of rotatable bonds is 6. The van der Waals surface area contributed by atoms with Gasteiger partial charge in [0.2, 0.25) is 0 Å². The summed E-state index contributed by atoms with van der Waals surface area (Å²) in [5.41, 5.74) is 1.34. The van der Waals surface area contributed by atoms with E-state index in [1.165, 1.54) is 32.1 Å². The molecule has 0 saturated heterocycles. The second-order valence-corrected chi connectivity index (χ2v) is 6.80. The molecule has 130 valence electrons. The molecule has 0 bridgehead atoms. The number of aryl methyl sites for hydroxylation is 2. The van der Waals surface area contributed by atoms with Crippen molar-refractivity contribution >= 4 is 5.91 Å². The van der Waals surface area contributed by atoms with Crippen LogP contribution < -0.4 is 5.32 Å². The van der Waals surface area contributed by atoms with Crippen molar-refractivity contribution in [3.05, 3.63) is 29.8 Å². The van der Waals surface area contributed by atoms with E-state index in [0.29, 0.717) is 5.69 Å². The third kappa shape index (κ3) is 4.21. The molecule has 0 aromatic carbocycles. The summed E-state index contributed by atoms with van der Waals surface area (Å²) in [7, 11) is 1.86. The first-order valence-electron chi connectivity index (χ1n) is 8.81. The molecule has 2 aromatic heterocycles. The molecule has 1 atom stereocenters. The van der Waals surface area contributed by atoms with Crippen LogP contribution in [0.5, 0.6) is 0 Å². The number of aromatic nitrogens is 5. The Kier molecular flexibility index (Phi) is 5.27. The molecular weight excluding hydrogens is 304 g/mol. The van der Waals surface area contributed by atoms with Crippen LogP contribution in [-0.4, -0.2) is 30.7 Å². The van der Waals surface area contributed by atoms with Crippen molar-refractivity contribution < 1.29 is 4.79 Å². The van der Waals surface area contributed by atoms with Gasteiger partial charge in [0.25, 0.3) is 5.91 Å². The van der Waals surface area contributed by atoms with Crippen LogP contribution in [0.1, 0.15) is 67.5 Å². The monoisotopic (exact) mass is 330 g/mol. The summed E-state index contributed by atoms with van der Waals surface area (Å²) in [4.78, 5) is 12.3. The first kappa shape index (κ1) is 16.7. The predicted octanol–water partition coefficient (Wildman–Crippen LogP) is 2.47. The minimum Gasteiger partial charge on any atom is -0.344 e. The fraction of sp³-hybridized carbons (Fsp3) is 0.647. The number of nitrogens with zero attached hydrogens (tertiary/aromatic N) is 5. The minimum atomic E-state index is -0.199. The first-order chi connectivity index (χ1) is 11.6. The zero-order chi connectivity index (χ0) is 16.9.